The number of carbonyl (C=O) groups is 5. The summed E-state index contributed by atoms with van der Waals surface area (Å²) in [5.74, 6) is -1.87. The van der Waals surface area contributed by atoms with Crippen molar-refractivity contribution in [3.63, 3.8) is 0 Å². The number of carboxylic acid groups (broad SMARTS) is 1. The number of amides is 3. The Balaban J connectivity index is 0.00000169. The van der Waals surface area contributed by atoms with Gasteiger partial charge >= 0.3 is 0 Å². The third kappa shape index (κ3) is 7.90. The zero-order valence-electron chi connectivity index (χ0n) is 24.4. The minimum Gasteiger partial charge on any atom is -0.483 e. The summed E-state index contributed by atoms with van der Waals surface area (Å²) in [5.41, 5.74) is 5.29. The Morgan fingerprint density at radius 3 is 2.45 bits per heavy atom. The van der Waals surface area contributed by atoms with Gasteiger partial charge < -0.3 is 25.4 Å². The van der Waals surface area contributed by atoms with Gasteiger partial charge in [0.1, 0.15) is 17.0 Å². The van der Waals surface area contributed by atoms with Gasteiger partial charge in [-0.1, -0.05) is 23.7 Å². The highest BCUT2D eigenvalue weighted by Gasteiger charge is 2.46. The summed E-state index contributed by atoms with van der Waals surface area (Å²) in [7, 11) is -2.94. The van der Waals surface area contributed by atoms with Crippen LogP contribution >= 0.6 is 11.6 Å². The lowest BCUT2D eigenvalue weighted by atomic mass is 10.1. The van der Waals surface area contributed by atoms with Crippen LogP contribution in [0.4, 0.5) is 0 Å². The lowest BCUT2D eigenvalue weighted by Gasteiger charge is -2.32. The molecule has 14 nitrogen and oxygen atoms in total. The molecule has 0 aromatic heterocycles. The summed E-state index contributed by atoms with van der Waals surface area (Å²) in [6.07, 6.45) is 0.438. The van der Waals surface area contributed by atoms with E-state index in [-0.39, 0.29) is 41.2 Å². The average Bonchev–Trinajstić information content (AvgIpc) is 3.38. The molecule has 2 fully saturated rings. The molecule has 0 saturated carbocycles. The maximum Gasteiger partial charge on any atom is 0.290 e. The van der Waals surface area contributed by atoms with Gasteiger partial charge in [0.05, 0.1) is 19.8 Å². The van der Waals surface area contributed by atoms with E-state index in [1.54, 1.807) is 31.0 Å². The lowest BCUT2D eigenvalue weighted by molar-refractivity contribution is -0.143. The molecule has 3 amide bonds. The van der Waals surface area contributed by atoms with Crippen LogP contribution in [0.15, 0.2) is 35.2 Å². The number of nitrogens with two attached hydrogens (primary N) is 1. The number of primary amides is 1. The van der Waals surface area contributed by atoms with Crippen LogP contribution in [0, 0.1) is 0 Å². The molecule has 44 heavy (non-hydrogen) atoms. The van der Waals surface area contributed by atoms with Crippen LogP contribution in [0.1, 0.15) is 23.7 Å². The number of sulfonamides is 1. The highest BCUT2D eigenvalue weighted by Crippen LogP contribution is 2.33. The lowest BCUT2D eigenvalue weighted by Crippen LogP contribution is -2.52. The van der Waals surface area contributed by atoms with E-state index >= 15 is 0 Å². The van der Waals surface area contributed by atoms with E-state index in [1.165, 1.54) is 23.1 Å². The number of aldehydes is 1. The van der Waals surface area contributed by atoms with Crippen molar-refractivity contribution in [3.05, 3.63) is 40.9 Å². The van der Waals surface area contributed by atoms with Crippen LogP contribution in [0.2, 0.25) is 5.02 Å². The monoisotopic (exact) mass is 653 g/mol. The first-order chi connectivity index (χ1) is 20.9. The Morgan fingerprint density at radius 1 is 1.18 bits per heavy atom. The van der Waals surface area contributed by atoms with Crippen LogP contribution in [0.25, 0.3) is 10.8 Å². The number of ether oxygens (including phenoxy) is 1. The van der Waals surface area contributed by atoms with Crippen LogP contribution in [0.3, 0.4) is 0 Å². The first-order valence-electron chi connectivity index (χ1n) is 13.8. The Morgan fingerprint density at radius 2 is 1.84 bits per heavy atom. The first-order valence-corrected chi connectivity index (χ1v) is 15.6. The van der Waals surface area contributed by atoms with Crippen molar-refractivity contribution < 1.29 is 42.2 Å². The number of carbonyl (C=O) groups excluding carboxylic acids is 4. The Kier molecular flexibility index (Phi) is 12.2. The van der Waals surface area contributed by atoms with Crippen molar-refractivity contribution in [2.24, 2.45) is 5.73 Å². The summed E-state index contributed by atoms with van der Waals surface area (Å²) in [6.45, 7) is 4.63. The molecular weight excluding hydrogens is 618 g/mol. The van der Waals surface area contributed by atoms with E-state index in [1.807, 2.05) is 0 Å². The Hall–Kier alpha value is -3.63. The fourth-order valence-electron chi connectivity index (χ4n) is 5.32. The zero-order chi connectivity index (χ0) is 32.6. The van der Waals surface area contributed by atoms with Gasteiger partial charge in [-0.3, -0.25) is 28.9 Å². The molecular formula is C28H36ClN5O9S. The van der Waals surface area contributed by atoms with Crippen molar-refractivity contribution in [2.45, 2.75) is 30.3 Å². The number of halogens is 1. The molecule has 0 unspecified atom stereocenters. The van der Waals surface area contributed by atoms with Crippen molar-refractivity contribution in [3.8, 4) is 0 Å². The number of fused-ring (bicyclic) bond motifs is 1. The molecule has 240 valence electrons. The van der Waals surface area contributed by atoms with E-state index in [0.29, 0.717) is 43.0 Å². The highest BCUT2D eigenvalue weighted by atomic mass is 35.5. The average molecular weight is 654 g/mol. The molecule has 4 rings (SSSR count). The van der Waals surface area contributed by atoms with Crippen molar-refractivity contribution in [2.75, 3.05) is 59.5 Å². The van der Waals surface area contributed by atoms with E-state index in [4.69, 9.17) is 32.0 Å². The van der Waals surface area contributed by atoms with E-state index in [9.17, 15) is 27.6 Å². The Labute approximate surface area is 260 Å². The van der Waals surface area contributed by atoms with E-state index in [0.717, 1.165) is 17.4 Å². The first kappa shape index (κ1) is 34.9. The smallest absolute Gasteiger partial charge is 0.290 e. The third-order valence-corrected chi connectivity index (χ3v) is 9.79. The minimum atomic E-state index is -4.60. The second kappa shape index (κ2) is 15.4. The second-order valence-electron chi connectivity index (χ2n) is 10.3. The van der Waals surface area contributed by atoms with Gasteiger partial charge in [0.2, 0.25) is 27.7 Å². The molecule has 0 aliphatic carbocycles. The SMILES string of the molecule is C[C@@H](C(=O)N(C)CCN1CCOCC1)N1CC[C@H](N(CC(N)=O)S(=O)(=O)c2c(C=O)ccc3cc(Cl)ccc23)C1=O.O=CO. The van der Waals surface area contributed by atoms with Crippen molar-refractivity contribution in [1.82, 2.24) is 19.0 Å². The molecule has 0 radical (unpaired) electrons. The maximum atomic E-state index is 14.1. The molecule has 3 N–H and O–H groups in total. The number of hydrogen-bond acceptors (Lipinski definition) is 9. The molecule has 2 atom stereocenters. The molecule has 2 saturated heterocycles. The van der Waals surface area contributed by atoms with Gasteiger partial charge in [-0.2, -0.15) is 4.31 Å². The predicted octanol–water partition coefficient (Wildman–Crippen LogP) is 0.263. The number of rotatable bonds is 11. The maximum absolute atomic E-state index is 14.1. The zero-order valence-corrected chi connectivity index (χ0v) is 26.0. The van der Waals surface area contributed by atoms with Gasteiger partial charge in [0, 0.05) is 55.7 Å². The van der Waals surface area contributed by atoms with E-state index < -0.39 is 40.5 Å². The molecule has 2 heterocycles. The number of likely N-dealkylation sites (tertiary alicyclic amines) is 1. The van der Waals surface area contributed by atoms with Crippen LogP contribution in [0.5, 0.6) is 0 Å². The second-order valence-corrected chi connectivity index (χ2v) is 12.6. The van der Waals surface area contributed by atoms with Crippen LogP contribution in [-0.2, 0) is 33.9 Å². The Bertz CT molecular complexity index is 1500. The number of hydrogen-bond donors (Lipinski definition) is 2. The summed E-state index contributed by atoms with van der Waals surface area (Å²) in [5, 5.41) is 7.92. The van der Waals surface area contributed by atoms with Crippen LogP contribution in [-0.4, -0.2) is 135 Å². The van der Waals surface area contributed by atoms with Gasteiger partial charge in [0.15, 0.2) is 6.29 Å². The molecule has 2 aromatic rings. The molecule has 0 spiro atoms. The van der Waals surface area contributed by atoms with Crippen molar-refractivity contribution >= 4 is 62.9 Å². The number of likely N-dealkylation sites (N-methyl/N-ethyl adjacent to an activating group) is 1. The standard InChI is InChI=1S/C27H34ClN5O7S.CH2O2/c1-18(26(36)30(2)9-10-31-11-13-40-14-12-31)32-8-7-23(27(32)37)33(16-24(29)35)41(38,39)25-20(17-34)4-3-19-15-21(28)5-6-22(19)25;2-1-3/h3-6,15,17-18,23H,7-14,16H2,1-2H3,(H2,29,35);1H,(H,2,3)/t18-,23-;/m0./s1. The summed E-state index contributed by atoms with van der Waals surface area (Å²) < 4.78 is 34.3. The molecule has 2 aromatic carbocycles. The van der Waals surface area contributed by atoms with Crippen LogP contribution < -0.4 is 5.73 Å². The number of nitrogens with zero attached hydrogens (tertiary/aromatic N) is 4. The quantitative estimate of drug-likeness (QED) is 0.319. The van der Waals surface area contributed by atoms with E-state index in [2.05, 4.69) is 4.90 Å². The topological polar surface area (TPSA) is 188 Å². The molecule has 2 aliphatic heterocycles. The minimum absolute atomic E-state index is 0.0352. The fraction of sp³-hybridized carbons (Fsp3) is 0.464. The fourth-order valence-corrected chi connectivity index (χ4v) is 7.44. The van der Waals surface area contributed by atoms with Gasteiger partial charge in [0.25, 0.3) is 6.47 Å². The molecule has 16 heteroatoms. The van der Waals surface area contributed by atoms with Gasteiger partial charge in [-0.15, -0.1) is 0 Å². The largest absolute Gasteiger partial charge is 0.483 e. The summed E-state index contributed by atoms with van der Waals surface area (Å²) in [4.78, 5) is 63.9. The van der Waals surface area contributed by atoms with Gasteiger partial charge in [-0.25, -0.2) is 8.42 Å². The molecule has 2 aliphatic rings. The summed E-state index contributed by atoms with van der Waals surface area (Å²) in [6, 6.07) is 5.27. The normalized spacial score (nSPS) is 18.0. The number of benzene rings is 2. The number of morpholine rings is 1. The highest BCUT2D eigenvalue weighted by molar-refractivity contribution is 7.89. The molecule has 0 bridgehead atoms. The third-order valence-electron chi connectivity index (χ3n) is 7.58. The predicted molar refractivity (Wildman–Crippen MR) is 161 cm³/mol. The van der Waals surface area contributed by atoms with Crippen molar-refractivity contribution in [1.29, 1.82) is 0 Å². The van der Waals surface area contributed by atoms with Gasteiger partial charge in [-0.05, 0) is 36.9 Å². The summed E-state index contributed by atoms with van der Waals surface area (Å²) >= 11 is 6.09.